The van der Waals surface area contributed by atoms with Gasteiger partial charge < -0.3 is 14.8 Å². The molecule has 0 bridgehead atoms. The zero-order valence-electron chi connectivity index (χ0n) is 12.2. The molecular weight excluding hydrogens is 238 g/mol. The molecular formula is C16H25NO2. The average molecular weight is 263 g/mol. The van der Waals surface area contributed by atoms with Gasteiger partial charge in [0.05, 0.1) is 11.7 Å². The highest BCUT2D eigenvalue weighted by atomic mass is 16.6. The molecule has 19 heavy (non-hydrogen) atoms. The van der Waals surface area contributed by atoms with Crippen molar-refractivity contribution in [2.24, 2.45) is 0 Å². The van der Waals surface area contributed by atoms with Gasteiger partial charge in [-0.05, 0) is 39.3 Å². The van der Waals surface area contributed by atoms with E-state index in [1.54, 1.807) is 0 Å². The van der Waals surface area contributed by atoms with Gasteiger partial charge in [0, 0.05) is 12.1 Å². The molecule has 0 aliphatic carbocycles. The fraction of sp³-hybridized carbons (Fsp3) is 0.625. The van der Waals surface area contributed by atoms with E-state index in [9.17, 15) is 0 Å². The molecule has 1 aliphatic heterocycles. The molecule has 2 rings (SSSR count). The number of para-hydroxylation sites is 1. The minimum atomic E-state index is 0.0112. The molecule has 1 fully saturated rings. The van der Waals surface area contributed by atoms with Crippen LogP contribution < -0.4 is 10.1 Å². The van der Waals surface area contributed by atoms with Gasteiger partial charge in [0.2, 0.25) is 0 Å². The van der Waals surface area contributed by atoms with Gasteiger partial charge in [-0.1, -0.05) is 25.1 Å². The van der Waals surface area contributed by atoms with Gasteiger partial charge in [0.25, 0.3) is 0 Å². The van der Waals surface area contributed by atoms with Crippen LogP contribution in [0.1, 0.15) is 39.2 Å². The van der Waals surface area contributed by atoms with E-state index in [0.29, 0.717) is 6.61 Å². The van der Waals surface area contributed by atoms with Crippen LogP contribution in [0, 0.1) is 0 Å². The molecule has 1 N–H and O–H groups in total. The van der Waals surface area contributed by atoms with E-state index < -0.39 is 0 Å². The maximum Gasteiger partial charge on any atom is 0.123 e. The summed E-state index contributed by atoms with van der Waals surface area (Å²) >= 11 is 0. The normalized spacial score (nSPS) is 21.5. The Morgan fingerprint density at radius 2 is 2.16 bits per heavy atom. The van der Waals surface area contributed by atoms with Crippen molar-refractivity contribution in [3.63, 3.8) is 0 Å². The van der Waals surface area contributed by atoms with Gasteiger partial charge in [0.1, 0.15) is 12.4 Å². The number of rotatable bonds is 6. The number of benzene rings is 1. The molecule has 1 heterocycles. The number of hydrogen-bond donors (Lipinski definition) is 1. The molecule has 3 nitrogen and oxygen atoms in total. The fourth-order valence-electron chi connectivity index (χ4n) is 2.43. The molecule has 0 spiro atoms. The lowest BCUT2D eigenvalue weighted by molar-refractivity contribution is -0.0327. The summed E-state index contributed by atoms with van der Waals surface area (Å²) in [6.45, 7) is 8.86. The van der Waals surface area contributed by atoms with Crippen LogP contribution in [-0.4, -0.2) is 24.9 Å². The first-order chi connectivity index (χ1) is 9.11. The Morgan fingerprint density at radius 3 is 2.84 bits per heavy atom. The van der Waals surface area contributed by atoms with Crippen LogP contribution in [0.15, 0.2) is 24.3 Å². The van der Waals surface area contributed by atoms with Gasteiger partial charge >= 0.3 is 0 Å². The maximum atomic E-state index is 5.95. The molecule has 0 aromatic heterocycles. The molecule has 0 saturated carbocycles. The van der Waals surface area contributed by atoms with Crippen LogP contribution in [0.5, 0.6) is 5.75 Å². The van der Waals surface area contributed by atoms with Crippen molar-refractivity contribution in [3.05, 3.63) is 29.8 Å². The van der Waals surface area contributed by atoms with Gasteiger partial charge in [-0.15, -0.1) is 0 Å². The third-order valence-electron chi connectivity index (χ3n) is 3.52. The Balaban J connectivity index is 1.89. The van der Waals surface area contributed by atoms with Gasteiger partial charge in [0.15, 0.2) is 0 Å². The topological polar surface area (TPSA) is 30.5 Å². The standard InChI is InChI=1S/C16H25NO2/c1-4-17-11-13-7-5-6-8-15(13)18-12-14-9-10-16(2,3)19-14/h5-8,14,17H,4,9-12H2,1-3H3. The Labute approximate surface area is 116 Å². The highest BCUT2D eigenvalue weighted by Gasteiger charge is 2.31. The van der Waals surface area contributed by atoms with Crippen LogP contribution in [0.25, 0.3) is 0 Å². The van der Waals surface area contributed by atoms with Crippen molar-refractivity contribution in [2.75, 3.05) is 13.2 Å². The fourth-order valence-corrected chi connectivity index (χ4v) is 2.43. The minimum absolute atomic E-state index is 0.0112. The monoisotopic (exact) mass is 263 g/mol. The lowest BCUT2D eigenvalue weighted by Gasteiger charge is -2.20. The predicted octanol–water partition coefficient (Wildman–Crippen LogP) is 3.13. The first kappa shape index (κ1) is 14.4. The van der Waals surface area contributed by atoms with E-state index in [1.165, 1.54) is 5.56 Å². The van der Waals surface area contributed by atoms with E-state index in [0.717, 1.165) is 31.7 Å². The Kier molecular flexibility index (Phi) is 4.83. The zero-order chi connectivity index (χ0) is 13.7. The van der Waals surface area contributed by atoms with E-state index in [2.05, 4.69) is 38.2 Å². The first-order valence-corrected chi connectivity index (χ1v) is 7.20. The van der Waals surface area contributed by atoms with Crippen molar-refractivity contribution in [3.8, 4) is 5.75 Å². The molecule has 1 saturated heterocycles. The third kappa shape index (κ3) is 4.22. The zero-order valence-corrected chi connectivity index (χ0v) is 12.2. The van der Waals surface area contributed by atoms with Gasteiger partial charge in [-0.2, -0.15) is 0 Å². The summed E-state index contributed by atoms with van der Waals surface area (Å²) in [5, 5.41) is 3.33. The third-order valence-corrected chi connectivity index (χ3v) is 3.52. The Hall–Kier alpha value is -1.06. The van der Waals surface area contributed by atoms with Crippen LogP contribution in [-0.2, 0) is 11.3 Å². The summed E-state index contributed by atoms with van der Waals surface area (Å²) in [6, 6.07) is 8.21. The van der Waals surface area contributed by atoms with E-state index >= 15 is 0 Å². The van der Waals surface area contributed by atoms with Crippen molar-refractivity contribution in [1.82, 2.24) is 5.32 Å². The second kappa shape index (κ2) is 6.40. The lowest BCUT2D eigenvalue weighted by Crippen LogP contribution is -2.24. The SMILES string of the molecule is CCNCc1ccccc1OCC1CCC(C)(C)O1. The van der Waals surface area contributed by atoms with Crippen molar-refractivity contribution in [2.45, 2.75) is 51.9 Å². The molecule has 0 amide bonds. The van der Waals surface area contributed by atoms with Gasteiger partial charge in [-0.25, -0.2) is 0 Å². The highest BCUT2D eigenvalue weighted by molar-refractivity contribution is 5.33. The Morgan fingerprint density at radius 1 is 1.37 bits per heavy atom. The summed E-state index contributed by atoms with van der Waals surface area (Å²) in [5.41, 5.74) is 1.22. The van der Waals surface area contributed by atoms with Gasteiger partial charge in [-0.3, -0.25) is 0 Å². The Bertz CT molecular complexity index is 403. The molecule has 3 heteroatoms. The summed E-state index contributed by atoms with van der Waals surface area (Å²) in [4.78, 5) is 0. The van der Waals surface area contributed by atoms with Crippen LogP contribution in [0.4, 0.5) is 0 Å². The summed E-state index contributed by atoms with van der Waals surface area (Å²) in [5.74, 6) is 0.969. The molecule has 1 aromatic carbocycles. The van der Waals surface area contributed by atoms with Crippen molar-refractivity contribution < 1.29 is 9.47 Å². The van der Waals surface area contributed by atoms with E-state index in [1.807, 2.05) is 12.1 Å². The second-order valence-electron chi connectivity index (χ2n) is 5.74. The quantitative estimate of drug-likeness (QED) is 0.855. The minimum Gasteiger partial charge on any atom is -0.491 e. The summed E-state index contributed by atoms with van der Waals surface area (Å²) < 4.78 is 11.9. The lowest BCUT2D eigenvalue weighted by atomic mass is 10.1. The van der Waals surface area contributed by atoms with Crippen LogP contribution >= 0.6 is 0 Å². The van der Waals surface area contributed by atoms with Crippen molar-refractivity contribution in [1.29, 1.82) is 0 Å². The average Bonchev–Trinajstić information content (AvgIpc) is 2.74. The first-order valence-electron chi connectivity index (χ1n) is 7.20. The van der Waals surface area contributed by atoms with Crippen molar-refractivity contribution >= 4 is 0 Å². The molecule has 1 aliphatic rings. The predicted molar refractivity (Wildman–Crippen MR) is 77.5 cm³/mol. The molecule has 1 atom stereocenters. The molecule has 1 unspecified atom stereocenters. The highest BCUT2D eigenvalue weighted by Crippen LogP contribution is 2.30. The largest absolute Gasteiger partial charge is 0.491 e. The number of hydrogen-bond acceptors (Lipinski definition) is 3. The smallest absolute Gasteiger partial charge is 0.123 e. The number of ether oxygens (including phenoxy) is 2. The maximum absolute atomic E-state index is 5.95. The summed E-state index contributed by atoms with van der Waals surface area (Å²) in [6.07, 6.45) is 2.42. The molecule has 1 aromatic rings. The van der Waals surface area contributed by atoms with E-state index in [4.69, 9.17) is 9.47 Å². The number of nitrogens with one attached hydrogen (secondary N) is 1. The van der Waals surface area contributed by atoms with E-state index in [-0.39, 0.29) is 11.7 Å². The second-order valence-corrected chi connectivity index (χ2v) is 5.74. The molecule has 0 radical (unpaired) electrons. The van der Waals surface area contributed by atoms with Crippen LogP contribution in [0.3, 0.4) is 0 Å². The summed E-state index contributed by atoms with van der Waals surface area (Å²) in [7, 11) is 0. The molecule has 106 valence electrons. The van der Waals surface area contributed by atoms with Crippen LogP contribution in [0.2, 0.25) is 0 Å².